The first-order chi connectivity index (χ1) is 16.6. The molecule has 1 saturated carbocycles. The second-order valence-corrected chi connectivity index (χ2v) is 9.08. The van der Waals surface area contributed by atoms with E-state index in [2.05, 4.69) is 38.5 Å². The Morgan fingerprint density at radius 2 is 1.91 bits per heavy atom. The van der Waals surface area contributed by atoms with Gasteiger partial charge in [0.2, 0.25) is 11.6 Å². The fourth-order valence-corrected chi connectivity index (χ4v) is 5.18. The zero-order valence-corrected chi connectivity index (χ0v) is 18.7. The summed E-state index contributed by atoms with van der Waals surface area (Å²) in [6.07, 6.45) is 10.5. The maximum atomic E-state index is 12.7. The van der Waals surface area contributed by atoms with Gasteiger partial charge in [0.05, 0.1) is 12.4 Å². The van der Waals surface area contributed by atoms with Gasteiger partial charge >= 0.3 is 0 Å². The van der Waals surface area contributed by atoms with Crippen molar-refractivity contribution in [2.24, 2.45) is 27.7 Å². The third-order valence-electron chi connectivity index (χ3n) is 6.99. The molecule has 4 heterocycles. The maximum absolute atomic E-state index is 12.7. The number of hydrogen-bond donors (Lipinski definition) is 3. The molecule has 1 unspecified atom stereocenters. The second kappa shape index (κ2) is 8.16. The van der Waals surface area contributed by atoms with E-state index in [0.717, 1.165) is 59.5 Å². The Morgan fingerprint density at radius 1 is 1.09 bits per heavy atom. The first-order valence-corrected chi connectivity index (χ1v) is 11.6. The number of para-hydroxylation sites is 1. The highest BCUT2D eigenvalue weighted by Crippen LogP contribution is 2.41. The fourth-order valence-electron chi connectivity index (χ4n) is 5.18. The molecule has 0 saturated heterocycles. The van der Waals surface area contributed by atoms with Crippen molar-refractivity contribution in [1.29, 1.82) is 0 Å². The van der Waals surface area contributed by atoms with Crippen LogP contribution in [0, 0.1) is 11.8 Å². The van der Waals surface area contributed by atoms with Crippen LogP contribution in [0.25, 0.3) is 10.9 Å². The number of nitrogens with two attached hydrogens (primary N) is 1. The quantitative estimate of drug-likeness (QED) is 0.407. The number of allylic oxidation sites excluding steroid dienone is 2. The minimum atomic E-state index is -0.0283. The average molecular weight is 453 g/mol. The number of quaternary nitrogens is 1. The number of amidine groups is 1. The lowest BCUT2D eigenvalue weighted by molar-refractivity contribution is -0.750. The van der Waals surface area contributed by atoms with E-state index in [4.69, 9.17) is 10.8 Å². The lowest BCUT2D eigenvalue weighted by Gasteiger charge is -2.28. The van der Waals surface area contributed by atoms with E-state index in [0.29, 0.717) is 5.82 Å². The molecule has 1 aromatic carbocycles. The minimum Gasteiger partial charge on any atom is -0.349 e. The molecule has 1 atom stereocenters. The monoisotopic (exact) mass is 452 g/mol. The van der Waals surface area contributed by atoms with E-state index in [9.17, 15) is 4.79 Å². The van der Waals surface area contributed by atoms with Crippen LogP contribution in [-0.4, -0.2) is 32.5 Å². The average Bonchev–Trinajstić information content (AvgIpc) is 3.43. The number of rotatable bonds is 4. The smallest absolute Gasteiger partial charge is 0.281 e. The summed E-state index contributed by atoms with van der Waals surface area (Å²) in [5.74, 6) is 8.50. The number of nitrogens with one attached hydrogen (secondary N) is 2. The largest absolute Gasteiger partial charge is 0.349 e. The molecule has 34 heavy (non-hydrogen) atoms. The Hall–Kier alpha value is -3.88. The summed E-state index contributed by atoms with van der Waals surface area (Å²) >= 11 is 0. The standard InChI is InChI=1S/C26H25N7O/c27-33-14-13-28-16-22(33)24(32-25(33)21-15-19-5-1-2-6-20(19)30-21)17-8-10-18(11-9-17)26(34)31-23-7-3-4-12-29-23/h1-7,12-18H,8-11,27H2,(H-,28,29,30,31,32,34)/p+1. The highest BCUT2D eigenvalue weighted by Gasteiger charge is 2.47. The molecule has 1 aliphatic carbocycles. The Bertz CT molecular complexity index is 1340. The normalized spacial score (nSPS) is 26.0. The molecule has 8 nitrogen and oxygen atoms in total. The van der Waals surface area contributed by atoms with Crippen molar-refractivity contribution < 1.29 is 9.39 Å². The molecule has 4 N–H and O–H groups in total. The number of aromatic nitrogens is 2. The highest BCUT2D eigenvalue weighted by molar-refractivity contribution is 6.02. The third-order valence-corrected chi connectivity index (χ3v) is 6.99. The molecule has 3 aromatic rings. The third kappa shape index (κ3) is 3.48. The van der Waals surface area contributed by atoms with Gasteiger partial charge in [0.1, 0.15) is 23.4 Å². The first kappa shape index (κ1) is 20.7. The van der Waals surface area contributed by atoms with Crippen molar-refractivity contribution in [3.05, 3.63) is 84.2 Å². The number of aliphatic imine (C=N–C) groups is 2. The van der Waals surface area contributed by atoms with Gasteiger partial charge in [-0.3, -0.25) is 9.79 Å². The fraction of sp³-hybridized carbons (Fsp3) is 0.231. The van der Waals surface area contributed by atoms with E-state index in [-0.39, 0.29) is 22.3 Å². The SMILES string of the molecule is N[N+]12C=CN=CC1=C(C1CCC(C(=O)Nc3ccccn3)CC1)N=C2c1cc2ccccc2[nH]1. The maximum Gasteiger partial charge on any atom is 0.281 e. The highest BCUT2D eigenvalue weighted by atomic mass is 16.1. The van der Waals surface area contributed by atoms with Crippen LogP contribution in [0.4, 0.5) is 5.82 Å². The minimum absolute atomic E-state index is 0.00570. The molecule has 170 valence electrons. The van der Waals surface area contributed by atoms with E-state index >= 15 is 0 Å². The topological polar surface area (TPSA) is 109 Å². The Morgan fingerprint density at radius 3 is 2.71 bits per heavy atom. The number of carbonyl (C=O) groups is 1. The van der Waals surface area contributed by atoms with Crippen LogP contribution < -0.4 is 11.2 Å². The Labute approximate surface area is 197 Å². The number of fused-ring (bicyclic) bond motifs is 2. The first-order valence-electron chi connectivity index (χ1n) is 11.6. The molecule has 2 aromatic heterocycles. The van der Waals surface area contributed by atoms with Crippen molar-refractivity contribution in [2.45, 2.75) is 25.7 Å². The number of H-pyrrole nitrogens is 1. The van der Waals surface area contributed by atoms with Crippen molar-refractivity contribution >= 4 is 34.7 Å². The van der Waals surface area contributed by atoms with Crippen LogP contribution in [0.2, 0.25) is 0 Å². The van der Waals surface area contributed by atoms with Gasteiger partial charge in [0.15, 0.2) is 0 Å². The zero-order valence-electron chi connectivity index (χ0n) is 18.7. The van der Waals surface area contributed by atoms with E-state index in [1.807, 2.05) is 42.7 Å². The number of pyridine rings is 1. The summed E-state index contributed by atoms with van der Waals surface area (Å²) in [4.78, 5) is 29.9. The summed E-state index contributed by atoms with van der Waals surface area (Å²) in [5, 5.41) is 4.06. The van der Waals surface area contributed by atoms with Gasteiger partial charge in [0, 0.05) is 28.9 Å². The van der Waals surface area contributed by atoms with Crippen LogP contribution in [0.5, 0.6) is 0 Å². The lowest BCUT2D eigenvalue weighted by Crippen LogP contribution is -2.53. The number of benzene rings is 1. The van der Waals surface area contributed by atoms with E-state index in [1.165, 1.54) is 0 Å². The van der Waals surface area contributed by atoms with Gasteiger partial charge in [0.25, 0.3) is 5.84 Å². The molecule has 3 aliphatic rings. The zero-order chi connectivity index (χ0) is 23.1. The molecule has 0 radical (unpaired) electrons. The predicted molar refractivity (Wildman–Crippen MR) is 132 cm³/mol. The summed E-state index contributed by atoms with van der Waals surface area (Å²) in [5.41, 5.74) is 3.83. The lowest BCUT2D eigenvalue weighted by atomic mass is 9.79. The van der Waals surface area contributed by atoms with Crippen molar-refractivity contribution in [1.82, 2.24) is 9.97 Å². The molecular formula is C26H26N7O+. The van der Waals surface area contributed by atoms with Gasteiger partial charge in [-0.1, -0.05) is 24.3 Å². The summed E-state index contributed by atoms with van der Waals surface area (Å²) in [6, 6.07) is 15.8. The number of hydrogen-bond acceptors (Lipinski definition) is 5. The van der Waals surface area contributed by atoms with E-state index in [1.54, 1.807) is 12.4 Å². The van der Waals surface area contributed by atoms with Crippen LogP contribution >= 0.6 is 0 Å². The molecule has 1 amide bonds. The Balaban J connectivity index is 1.24. The second-order valence-electron chi connectivity index (χ2n) is 9.08. The van der Waals surface area contributed by atoms with Crippen LogP contribution in [0.15, 0.2) is 88.5 Å². The number of aromatic amines is 1. The van der Waals surface area contributed by atoms with Gasteiger partial charge < -0.3 is 10.3 Å². The predicted octanol–water partition coefficient (Wildman–Crippen LogP) is 4.23. The number of carbonyl (C=O) groups excluding carboxylic acids is 1. The van der Waals surface area contributed by atoms with Crippen LogP contribution in [-0.2, 0) is 4.79 Å². The molecule has 0 bridgehead atoms. The number of amides is 1. The summed E-state index contributed by atoms with van der Waals surface area (Å²) < 4.78 is 0.00570. The van der Waals surface area contributed by atoms with Gasteiger partial charge in [-0.2, -0.15) is 10.8 Å². The molecular weight excluding hydrogens is 426 g/mol. The van der Waals surface area contributed by atoms with Gasteiger partial charge in [-0.25, -0.2) is 4.98 Å². The number of nitrogens with zero attached hydrogens (tertiary/aromatic N) is 4. The number of anilines is 1. The van der Waals surface area contributed by atoms with Crippen molar-refractivity contribution in [3.8, 4) is 0 Å². The van der Waals surface area contributed by atoms with Crippen LogP contribution in [0.1, 0.15) is 31.4 Å². The van der Waals surface area contributed by atoms with Crippen LogP contribution in [0.3, 0.4) is 0 Å². The van der Waals surface area contributed by atoms with E-state index < -0.39 is 0 Å². The molecule has 6 rings (SSSR count). The summed E-state index contributed by atoms with van der Waals surface area (Å²) in [6.45, 7) is 0. The Kier molecular flexibility index (Phi) is 4.97. The molecule has 2 aliphatic heterocycles. The molecule has 0 spiro atoms. The molecule has 1 fully saturated rings. The summed E-state index contributed by atoms with van der Waals surface area (Å²) in [7, 11) is 0. The molecule has 8 heteroatoms. The van der Waals surface area contributed by atoms with Crippen molar-refractivity contribution in [2.75, 3.05) is 5.32 Å². The van der Waals surface area contributed by atoms with Gasteiger partial charge in [-0.05, 0) is 49.9 Å². The van der Waals surface area contributed by atoms with Gasteiger partial charge in [-0.15, -0.1) is 4.59 Å². The van der Waals surface area contributed by atoms with Crippen molar-refractivity contribution in [3.63, 3.8) is 0 Å².